The molecule has 0 aliphatic heterocycles. The van der Waals surface area contributed by atoms with Crippen LogP contribution < -0.4 is 5.73 Å². The maximum Gasteiger partial charge on any atom is 0.150 e. The van der Waals surface area contributed by atoms with Crippen molar-refractivity contribution in [3.8, 4) is 0 Å². The molecule has 2 unspecified atom stereocenters. The van der Waals surface area contributed by atoms with Gasteiger partial charge in [-0.1, -0.05) is 20.8 Å². The Bertz CT molecular complexity index is 278. The predicted molar refractivity (Wildman–Crippen MR) is 65.8 cm³/mol. The fraction of sp³-hybridized carbons (Fsp3) is 1.00. The van der Waals surface area contributed by atoms with E-state index in [-0.39, 0.29) is 36.3 Å². The summed E-state index contributed by atoms with van der Waals surface area (Å²) in [4.78, 5) is 0. The fourth-order valence-electron chi connectivity index (χ4n) is 1.76. The minimum atomic E-state index is -3.07. The second-order valence-electron chi connectivity index (χ2n) is 4.60. The van der Waals surface area contributed by atoms with Gasteiger partial charge in [-0.05, 0) is 25.3 Å². The van der Waals surface area contributed by atoms with E-state index in [9.17, 15) is 12.8 Å². The predicted octanol–water partition coefficient (Wildman–Crippen LogP) is 1.77. The molecule has 2 N–H and O–H groups in total. The quantitative estimate of drug-likeness (QED) is 0.717. The van der Waals surface area contributed by atoms with E-state index in [0.717, 1.165) is 0 Å². The second kappa shape index (κ2) is 7.22. The van der Waals surface area contributed by atoms with Gasteiger partial charge in [0.2, 0.25) is 0 Å². The molecule has 0 heterocycles. The second-order valence-corrected chi connectivity index (χ2v) is 6.90. The molecular weight excluding hydrogens is 229 g/mol. The highest BCUT2D eigenvalue weighted by Crippen LogP contribution is 2.20. The van der Waals surface area contributed by atoms with Crippen molar-refractivity contribution in [3.63, 3.8) is 0 Å². The van der Waals surface area contributed by atoms with Crippen LogP contribution in [0, 0.1) is 11.8 Å². The van der Waals surface area contributed by atoms with Crippen LogP contribution in [0.1, 0.15) is 33.6 Å². The number of rotatable bonds is 8. The lowest BCUT2D eigenvalue weighted by molar-refractivity contribution is 0.181. The first-order valence-corrected chi connectivity index (χ1v) is 7.70. The molecule has 0 amide bonds. The third-order valence-electron chi connectivity index (χ3n) is 2.81. The van der Waals surface area contributed by atoms with Gasteiger partial charge in [0.25, 0.3) is 0 Å². The van der Waals surface area contributed by atoms with Crippen LogP contribution in [0.4, 0.5) is 4.39 Å². The molecule has 5 heteroatoms. The minimum absolute atomic E-state index is 0.0643. The average molecular weight is 253 g/mol. The Morgan fingerprint density at radius 3 is 2.19 bits per heavy atom. The van der Waals surface area contributed by atoms with Gasteiger partial charge >= 0.3 is 0 Å². The molecule has 3 nitrogen and oxygen atoms in total. The molecule has 16 heavy (non-hydrogen) atoms. The number of nitrogens with two attached hydrogens (primary N) is 1. The van der Waals surface area contributed by atoms with Crippen molar-refractivity contribution in [2.75, 3.05) is 18.1 Å². The lowest BCUT2D eigenvalue weighted by Gasteiger charge is -2.22. The molecule has 0 aromatic carbocycles. The molecule has 0 bridgehead atoms. The van der Waals surface area contributed by atoms with E-state index in [2.05, 4.69) is 0 Å². The lowest BCUT2D eigenvalue weighted by atomic mass is 9.90. The fourth-order valence-corrected chi connectivity index (χ4v) is 3.17. The maximum absolute atomic E-state index is 13.7. The Morgan fingerprint density at radius 1 is 1.25 bits per heavy atom. The Balaban J connectivity index is 4.20. The van der Waals surface area contributed by atoms with Crippen LogP contribution in [-0.4, -0.2) is 32.6 Å². The van der Waals surface area contributed by atoms with Crippen LogP contribution in [-0.2, 0) is 9.84 Å². The molecule has 0 radical (unpaired) electrons. The molecular formula is C11H24FNO2S. The summed E-state index contributed by atoms with van der Waals surface area (Å²) >= 11 is 0. The molecule has 0 saturated carbocycles. The van der Waals surface area contributed by atoms with Gasteiger partial charge in [-0.25, -0.2) is 12.8 Å². The van der Waals surface area contributed by atoms with E-state index in [4.69, 9.17) is 5.73 Å². The van der Waals surface area contributed by atoms with Gasteiger partial charge < -0.3 is 5.73 Å². The monoisotopic (exact) mass is 253 g/mol. The van der Waals surface area contributed by atoms with Crippen molar-refractivity contribution >= 4 is 9.84 Å². The van der Waals surface area contributed by atoms with E-state index in [1.54, 1.807) is 6.92 Å². The first-order chi connectivity index (χ1) is 7.34. The summed E-state index contributed by atoms with van der Waals surface area (Å²) in [5.74, 6) is -0.00869. The molecule has 0 rings (SSSR count). The molecule has 98 valence electrons. The van der Waals surface area contributed by atoms with Crippen LogP contribution in [0.5, 0.6) is 0 Å². The Kier molecular flexibility index (Phi) is 7.15. The van der Waals surface area contributed by atoms with Crippen molar-refractivity contribution in [1.29, 1.82) is 0 Å². The zero-order chi connectivity index (χ0) is 12.8. The van der Waals surface area contributed by atoms with Crippen molar-refractivity contribution in [2.24, 2.45) is 17.6 Å². The largest absolute Gasteiger partial charge is 0.330 e. The number of hydrogen-bond acceptors (Lipinski definition) is 3. The van der Waals surface area contributed by atoms with Gasteiger partial charge in [-0.15, -0.1) is 0 Å². The first-order valence-electron chi connectivity index (χ1n) is 5.88. The average Bonchev–Trinajstić information content (AvgIpc) is 2.15. The standard InChI is InChI=1S/C11H24FNO2S/c1-4-6-16(14,15)7-5-11(12)10(8-13)9(2)3/h9-11H,4-8,13H2,1-3H3. The molecule has 0 aromatic rings. The van der Waals surface area contributed by atoms with E-state index in [1.165, 1.54) is 0 Å². The SMILES string of the molecule is CCCS(=O)(=O)CCC(F)C(CN)C(C)C. The molecule has 0 saturated heterocycles. The molecule has 0 aromatic heterocycles. The molecule has 0 aliphatic rings. The zero-order valence-electron chi connectivity index (χ0n) is 10.4. The highest BCUT2D eigenvalue weighted by molar-refractivity contribution is 7.91. The van der Waals surface area contributed by atoms with E-state index in [0.29, 0.717) is 6.42 Å². The topological polar surface area (TPSA) is 60.2 Å². The maximum atomic E-state index is 13.7. The summed E-state index contributed by atoms with van der Waals surface area (Å²) in [5.41, 5.74) is 5.48. The van der Waals surface area contributed by atoms with Gasteiger partial charge in [-0.3, -0.25) is 0 Å². The van der Waals surface area contributed by atoms with Gasteiger partial charge in [0, 0.05) is 11.7 Å². The van der Waals surface area contributed by atoms with Crippen LogP contribution >= 0.6 is 0 Å². The third kappa shape index (κ3) is 5.80. The van der Waals surface area contributed by atoms with Gasteiger partial charge in [0.1, 0.15) is 16.0 Å². The lowest BCUT2D eigenvalue weighted by Crippen LogP contribution is -2.31. The highest BCUT2D eigenvalue weighted by atomic mass is 32.2. The summed E-state index contributed by atoms with van der Waals surface area (Å²) in [6.45, 7) is 5.89. The number of alkyl halides is 1. The zero-order valence-corrected chi connectivity index (χ0v) is 11.3. The van der Waals surface area contributed by atoms with Crippen molar-refractivity contribution in [1.82, 2.24) is 0 Å². The normalized spacial score (nSPS) is 16.4. The van der Waals surface area contributed by atoms with Crippen LogP contribution in [0.2, 0.25) is 0 Å². The van der Waals surface area contributed by atoms with Gasteiger partial charge in [0.15, 0.2) is 0 Å². The van der Waals surface area contributed by atoms with Crippen LogP contribution in [0.3, 0.4) is 0 Å². The molecule has 0 spiro atoms. The summed E-state index contributed by atoms with van der Waals surface area (Å²) < 4.78 is 36.6. The molecule has 0 aliphatic carbocycles. The molecule has 0 fully saturated rings. The minimum Gasteiger partial charge on any atom is -0.330 e. The number of sulfone groups is 1. The van der Waals surface area contributed by atoms with Crippen molar-refractivity contribution in [3.05, 3.63) is 0 Å². The summed E-state index contributed by atoms with van der Waals surface area (Å²) in [6, 6.07) is 0. The third-order valence-corrected chi connectivity index (χ3v) is 4.70. The Hall–Kier alpha value is -0.160. The van der Waals surface area contributed by atoms with Crippen LogP contribution in [0.25, 0.3) is 0 Å². The summed E-state index contributed by atoms with van der Waals surface area (Å²) in [6.07, 6.45) is -0.455. The van der Waals surface area contributed by atoms with E-state index in [1.807, 2.05) is 13.8 Å². The number of hydrogen-bond donors (Lipinski definition) is 1. The van der Waals surface area contributed by atoms with Crippen molar-refractivity contribution in [2.45, 2.75) is 39.8 Å². The number of halogens is 1. The summed E-state index contributed by atoms with van der Waals surface area (Å²) in [7, 11) is -3.07. The van der Waals surface area contributed by atoms with Crippen molar-refractivity contribution < 1.29 is 12.8 Å². The first kappa shape index (κ1) is 15.8. The molecule has 2 atom stereocenters. The Labute approximate surface area is 98.5 Å². The summed E-state index contributed by atoms with van der Waals surface area (Å²) in [5, 5.41) is 0. The van der Waals surface area contributed by atoms with Gasteiger partial charge in [-0.2, -0.15) is 0 Å². The van der Waals surface area contributed by atoms with E-state index >= 15 is 0 Å². The highest BCUT2D eigenvalue weighted by Gasteiger charge is 2.24. The van der Waals surface area contributed by atoms with Gasteiger partial charge in [0.05, 0.1) is 5.75 Å². The smallest absolute Gasteiger partial charge is 0.150 e. The Morgan fingerprint density at radius 2 is 1.81 bits per heavy atom. The van der Waals surface area contributed by atoms with Crippen LogP contribution in [0.15, 0.2) is 0 Å². The van der Waals surface area contributed by atoms with E-state index < -0.39 is 16.0 Å².